The lowest BCUT2D eigenvalue weighted by molar-refractivity contribution is 0.331. The number of aliphatic hydroxyl groups is 1. The molecule has 78 valence electrons. The van der Waals surface area contributed by atoms with Crippen LogP contribution in [0.15, 0.2) is 23.3 Å². The second-order valence-electron chi connectivity index (χ2n) is 3.54. The van der Waals surface area contributed by atoms with Gasteiger partial charge in [-0.1, -0.05) is 23.3 Å². The third-order valence-electron chi connectivity index (χ3n) is 2.06. The van der Waals surface area contributed by atoms with Crippen LogP contribution in [-0.2, 0) is 0 Å². The normalized spacial score (nSPS) is 12.7. The van der Waals surface area contributed by atoms with Crippen molar-refractivity contribution < 1.29 is 5.11 Å². The molecule has 0 saturated carbocycles. The van der Waals surface area contributed by atoms with Gasteiger partial charge in [0.1, 0.15) is 0 Å². The molecule has 1 nitrogen and oxygen atoms in total. The van der Waals surface area contributed by atoms with Crippen molar-refractivity contribution >= 4 is 0 Å². The summed E-state index contributed by atoms with van der Waals surface area (Å²) in [4.78, 5) is 0. The van der Waals surface area contributed by atoms with Crippen LogP contribution in [0.25, 0.3) is 0 Å². The number of allylic oxidation sites excluding steroid dienone is 3. The van der Waals surface area contributed by atoms with Gasteiger partial charge in [-0.15, -0.1) is 12.3 Å². The molecule has 1 heteroatoms. The molecule has 0 amide bonds. The summed E-state index contributed by atoms with van der Waals surface area (Å²) in [5.41, 5.74) is 2.42. The second-order valence-corrected chi connectivity index (χ2v) is 3.54. The molecule has 0 radical (unpaired) electrons. The lowest BCUT2D eigenvalue weighted by atomic mass is 10.1. The molecule has 0 saturated heterocycles. The van der Waals surface area contributed by atoms with Crippen molar-refractivity contribution in [2.24, 2.45) is 0 Å². The van der Waals surface area contributed by atoms with E-state index in [1.165, 1.54) is 5.57 Å². The fourth-order valence-corrected chi connectivity index (χ4v) is 1.11. The van der Waals surface area contributed by atoms with Gasteiger partial charge in [-0.3, -0.25) is 0 Å². The van der Waals surface area contributed by atoms with Crippen molar-refractivity contribution in [1.29, 1.82) is 0 Å². The quantitative estimate of drug-likeness (QED) is 0.389. The summed E-state index contributed by atoms with van der Waals surface area (Å²) < 4.78 is 0. The van der Waals surface area contributed by atoms with Crippen molar-refractivity contribution in [2.75, 3.05) is 6.61 Å². The molecule has 14 heavy (non-hydrogen) atoms. The van der Waals surface area contributed by atoms with E-state index < -0.39 is 0 Å². The SMILES string of the molecule is C#CCC/C=C(\C)CC/C=C(\C)CO. The highest BCUT2D eigenvalue weighted by Gasteiger charge is 1.89. The molecule has 0 heterocycles. The lowest BCUT2D eigenvalue weighted by Gasteiger charge is -1.98. The Kier molecular flexibility index (Phi) is 7.98. The Bertz CT molecular complexity index is 240. The van der Waals surface area contributed by atoms with Crippen LogP contribution >= 0.6 is 0 Å². The molecule has 0 rings (SSSR count). The van der Waals surface area contributed by atoms with E-state index in [1.807, 2.05) is 6.92 Å². The second kappa shape index (κ2) is 8.59. The summed E-state index contributed by atoms with van der Waals surface area (Å²) in [6, 6.07) is 0. The van der Waals surface area contributed by atoms with E-state index in [1.54, 1.807) is 0 Å². The van der Waals surface area contributed by atoms with E-state index in [0.717, 1.165) is 31.3 Å². The number of aliphatic hydroxyl groups excluding tert-OH is 1. The van der Waals surface area contributed by atoms with Gasteiger partial charge in [0, 0.05) is 6.42 Å². The summed E-state index contributed by atoms with van der Waals surface area (Å²) in [7, 11) is 0. The summed E-state index contributed by atoms with van der Waals surface area (Å²) in [6.07, 6.45) is 13.3. The van der Waals surface area contributed by atoms with Gasteiger partial charge in [0.25, 0.3) is 0 Å². The van der Waals surface area contributed by atoms with Crippen molar-refractivity contribution in [1.82, 2.24) is 0 Å². The molecule has 0 spiro atoms. The zero-order chi connectivity index (χ0) is 10.8. The Morgan fingerprint density at radius 3 is 2.43 bits per heavy atom. The first-order chi connectivity index (χ1) is 6.70. The lowest BCUT2D eigenvalue weighted by Crippen LogP contribution is -1.84. The highest BCUT2D eigenvalue weighted by Crippen LogP contribution is 2.08. The first kappa shape index (κ1) is 13.0. The zero-order valence-electron chi connectivity index (χ0n) is 9.21. The largest absolute Gasteiger partial charge is 0.392 e. The van der Waals surface area contributed by atoms with E-state index in [4.69, 9.17) is 11.5 Å². The highest BCUT2D eigenvalue weighted by molar-refractivity contribution is 5.04. The zero-order valence-corrected chi connectivity index (χ0v) is 9.21. The minimum atomic E-state index is 0.167. The van der Waals surface area contributed by atoms with E-state index >= 15 is 0 Å². The number of rotatable bonds is 6. The van der Waals surface area contributed by atoms with Crippen molar-refractivity contribution in [3.05, 3.63) is 23.3 Å². The maximum absolute atomic E-state index is 8.77. The molecule has 0 fully saturated rings. The van der Waals surface area contributed by atoms with E-state index in [2.05, 4.69) is 25.0 Å². The highest BCUT2D eigenvalue weighted by atomic mass is 16.3. The van der Waals surface area contributed by atoms with E-state index in [9.17, 15) is 0 Å². The molecule has 0 aromatic rings. The van der Waals surface area contributed by atoms with Gasteiger partial charge in [0.15, 0.2) is 0 Å². The summed E-state index contributed by atoms with van der Waals surface area (Å²) in [6.45, 7) is 4.23. The summed E-state index contributed by atoms with van der Waals surface area (Å²) >= 11 is 0. The number of unbranched alkanes of at least 4 members (excludes halogenated alkanes) is 1. The molecular weight excluding hydrogens is 172 g/mol. The number of hydrogen-bond donors (Lipinski definition) is 1. The van der Waals surface area contributed by atoms with Crippen LogP contribution in [-0.4, -0.2) is 11.7 Å². The van der Waals surface area contributed by atoms with E-state index in [-0.39, 0.29) is 6.61 Å². The third kappa shape index (κ3) is 7.64. The Morgan fingerprint density at radius 1 is 1.21 bits per heavy atom. The van der Waals surface area contributed by atoms with Crippen LogP contribution in [0.2, 0.25) is 0 Å². The summed E-state index contributed by atoms with van der Waals surface area (Å²) in [5, 5.41) is 8.77. The monoisotopic (exact) mass is 192 g/mol. The predicted octanol–water partition coefficient (Wildman–Crippen LogP) is 3.06. The Labute approximate surface area is 87.5 Å². The molecule has 0 bridgehead atoms. The maximum atomic E-state index is 8.77. The Balaban J connectivity index is 3.68. The van der Waals surface area contributed by atoms with Crippen LogP contribution in [0.3, 0.4) is 0 Å². The smallest absolute Gasteiger partial charge is 0.0639 e. The molecule has 0 aliphatic rings. The first-order valence-electron chi connectivity index (χ1n) is 5.06. The molecule has 1 N–H and O–H groups in total. The third-order valence-corrected chi connectivity index (χ3v) is 2.06. The fraction of sp³-hybridized carbons (Fsp3) is 0.538. The van der Waals surface area contributed by atoms with Gasteiger partial charge in [0.2, 0.25) is 0 Å². The number of terminal acetylenes is 1. The fourth-order valence-electron chi connectivity index (χ4n) is 1.11. The molecule has 0 unspecified atom stereocenters. The van der Waals surface area contributed by atoms with Gasteiger partial charge in [-0.25, -0.2) is 0 Å². The minimum absolute atomic E-state index is 0.167. The molecular formula is C13H20O. The van der Waals surface area contributed by atoms with Gasteiger partial charge >= 0.3 is 0 Å². The number of hydrogen-bond acceptors (Lipinski definition) is 1. The Hall–Kier alpha value is -1.00. The van der Waals surface area contributed by atoms with Crippen LogP contribution in [0, 0.1) is 12.3 Å². The van der Waals surface area contributed by atoms with Crippen LogP contribution < -0.4 is 0 Å². The van der Waals surface area contributed by atoms with Crippen LogP contribution in [0.5, 0.6) is 0 Å². The van der Waals surface area contributed by atoms with E-state index in [0.29, 0.717) is 0 Å². The van der Waals surface area contributed by atoms with Gasteiger partial charge in [-0.05, 0) is 33.1 Å². The molecule has 0 aliphatic carbocycles. The average molecular weight is 192 g/mol. The van der Waals surface area contributed by atoms with Crippen molar-refractivity contribution in [3.63, 3.8) is 0 Å². The molecule has 0 aliphatic heterocycles. The van der Waals surface area contributed by atoms with Crippen molar-refractivity contribution in [2.45, 2.75) is 39.5 Å². The topological polar surface area (TPSA) is 20.2 Å². The molecule has 0 atom stereocenters. The van der Waals surface area contributed by atoms with Gasteiger partial charge < -0.3 is 5.11 Å². The van der Waals surface area contributed by atoms with Crippen LogP contribution in [0.1, 0.15) is 39.5 Å². The minimum Gasteiger partial charge on any atom is -0.392 e. The molecule has 0 aromatic carbocycles. The van der Waals surface area contributed by atoms with Crippen LogP contribution in [0.4, 0.5) is 0 Å². The van der Waals surface area contributed by atoms with Gasteiger partial charge in [0.05, 0.1) is 6.61 Å². The van der Waals surface area contributed by atoms with Gasteiger partial charge in [-0.2, -0.15) is 0 Å². The predicted molar refractivity (Wildman–Crippen MR) is 61.9 cm³/mol. The first-order valence-corrected chi connectivity index (χ1v) is 5.06. The average Bonchev–Trinajstić information content (AvgIpc) is 2.18. The maximum Gasteiger partial charge on any atom is 0.0639 e. The van der Waals surface area contributed by atoms with Crippen molar-refractivity contribution in [3.8, 4) is 12.3 Å². The molecule has 0 aromatic heterocycles. The Morgan fingerprint density at radius 2 is 1.86 bits per heavy atom. The summed E-state index contributed by atoms with van der Waals surface area (Å²) in [5.74, 6) is 2.62. The standard InChI is InChI=1S/C13H20O/c1-4-5-6-8-12(2)9-7-10-13(3)11-14/h1,8,10,14H,5-7,9,11H2,2-3H3/b12-8+,13-10+.